The molecule has 0 radical (unpaired) electrons. The summed E-state index contributed by atoms with van der Waals surface area (Å²) in [5.41, 5.74) is -0.0970. The number of nitrogens with zero attached hydrogens (tertiary/aromatic N) is 1. The molecule has 0 rings (SSSR count). The normalized spacial score (nSPS) is 14.2. The molecule has 0 aromatic carbocycles. The maximum Gasteiger partial charge on any atom is 0.0775 e. The Morgan fingerprint density at radius 3 is 2.33 bits per heavy atom. The predicted octanol–water partition coefficient (Wildman–Crippen LogP) is 2.90. The maximum absolute atomic E-state index is 5.60. The van der Waals surface area contributed by atoms with Crippen LogP contribution in [0, 0.1) is 0 Å². The van der Waals surface area contributed by atoms with Crippen LogP contribution in [-0.2, 0) is 4.74 Å². The summed E-state index contributed by atoms with van der Waals surface area (Å²) in [5.74, 6) is 0. The summed E-state index contributed by atoms with van der Waals surface area (Å²) in [6.45, 7) is 12.1. The highest BCUT2D eigenvalue weighted by Crippen LogP contribution is 2.17. The molecule has 0 aliphatic carbocycles. The van der Waals surface area contributed by atoms with E-state index in [1.54, 1.807) is 7.11 Å². The van der Waals surface area contributed by atoms with Gasteiger partial charge in [-0.3, -0.25) is 0 Å². The predicted molar refractivity (Wildman–Crippen MR) is 80.2 cm³/mol. The highest BCUT2D eigenvalue weighted by atomic mass is 16.5. The van der Waals surface area contributed by atoms with Crippen LogP contribution in [0.1, 0.15) is 53.4 Å². The maximum atomic E-state index is 5.60. The van der Waals surface area contributed by atoms with Gasteiger partial charge in [0.05, 0.1) is 5.60 Å². The molecule has 0 aromatic rings. The first-order valence-corrected chi connectivity index (χ1v) is 7.45. The van der Waals surface area contributed by atoms with Crippen molar-refractivity contribution in [1.29, 1.82) is 0 Å². The van der Waals surface area contributed by atoms with Gasteiger partial charge in [0.25, 0.3) is 0 Å². The fourth-order valence-electron chi connectivity index (χ4n) is 2.18. The van der Waals surface area contributed by atoms with Gasteiger partial charge in [0.1, 0.15) is 0 Å². The molecule has 3 nitrogen and oxygen atoms in total. The third-order valence-electron chi connectivity index (χ3n) is 3.76. The number of hydrogen-bond donors (Lipinski definition) is 1. The average molecular weight is 258 g/mol. The summed E-state index contributed by atoms with van der Waals surface area (Å²) in [6, 6.07) is 0.418. The Balaban J connectivity index is 4.03. The first-order chi connectivity index (χ1) is 8.47. The molecule has 0 aliphatic heterocycles. The van der Waals surface area contributed by atoms with Crippen molar-refractivity contribution in [3.05, 3.63) is 0 Å². The second-order valence-electron chi connectivity index (χ2n) is 5.72. The van der Waals surface area contributed by atoms with Crippen LogP contribution in [0.2, 0.25) is 0 Å². The minimum Gasteiger partial charge on any atom is -0.377 e. The molecule has 1 atom stereocenters. The van der Waals surface area contributed by atoms with Crippen molar-refractivity contribution in [2.75, 3.05) is 33.8 Å². The number of rotatable bonds is 11. The number of hydrogen-bond acceptors (Lipinski definition) is 3. The van der Waals surface area contributed by atoms with E-state index in [1.165, 1.54) is 25.8 Å². The van der Waals surface area contributed by atoms with Crippen molar-refractivity contribution >= 4 is 0 Å². The Morgan fingerprint density at radius 2 is 1.83 bits per heavy atom. The van der Waals surface area contributed by atoms with Crippen LogP contribution in [0.5, 0.6) is 0 Å². The largest absolute Gasteiger partial charge is 0.377 e. The number of unbranched alkanes of at least 4 members (excludes halogenated alkanes) is 2. The minimum absolute atomic E-state index is 0.0970. The molecule has 1 N–H and O–H groups in total. The van der Waals surface area contributed by atoms with Crippen LogP contribution >= 0.6 is 0 Å². The van der Waals surface area contributed by atoms with Crippen LogP contribution < -0.4 is 5.32 Å². The zero-order valence-corrected chi connectivity index (χ0v) is 13.4. The molecule has 0 bridgehead atoms. The van der Waals surface area contributed by atoms with Gasteiger partial charge in [-0.2, -0.15) is 0 Å². The van der Waals surface area contributed by atoms with E-state index in [-0.39, 0.29) is 5.60 Å². The molecule has 18 heavy (non-hydrogen) atoms. The zero-order valence-electron chi connectivity index (χ0n) is 13.4. The van der Waals surface area contributed by atoms with Gasteiger partial charge in [-0.1, -0.05) is 26.7 Å². The molecule has 1 unspecified atom stereocenters. The number of methoxy groups -OCH3 is 1. The molecule has 0 saturated carbocycles. The lowest BCUT2D eigenvalue weighted by Gasteiger charge is -2.34. The standard InChI is InChI=1S/C15H34N2O/c1-7-9-10-12-17(5)13-11-14(16-8-2)15(3,4)18-6/h14,16H,7-13H2,1-6H3. The molecule has 0 aromatic heterocycles. The van der Waals surface area contributed by atoms with Crippen molar-refractivity contribution < 1.29 is 4.74 Å². The van der Waals surface area contributed by atoms with Gasteiger partial charge < -0.3 is 15.0 Å². The van der Waals surface area contributed by atoms with Crippen LogP contribution in [0.3, 0.4) is 0 Å². The summed E-state index contributed by atoms with van der Waals surface area (Å²) in [5, 5.41) is 3.54. The van der Waals surface area contributed by atoms with Crippen LogP contribution in [0.15, 0.2) is 0 Å². The molecule has 3 heteroatoms. The molecule has 0 spiro atoms. The first-order valence-electron chi connectivity index (χ1n) is 7.45. The summed E-state index contributed by atoms with van der Waals surface area (Å²) in [6.07, 6.45) is 5.08. The summed E-state index contributed by atoms with van der Waals surface area (Å²) in [4.78, 5) is 2.44. The summed E-state index contributed by atoms with van der Waals surface area (Å²) in [7, 11) is 4.02. The molecule has 0 heterocycles. The average Bonchev–Trinajstić information content (AvgIpc) is 2.34. The Morgan fingerprint density at radius 1 is 1.17 bits per heavy atom. The zero-order chi connectivity index (χ0) is 14.0. The lowest BCUT2D eigenvalue weighted by molar-refractivity contribution is -0.0139. The Hall–Kier alpha value is -0.120. The second kappa shape index (κ2) is 9.76. The van der Waals surface area contributed by atoms with Crippen molar-refractivity contribution in [3.8, 4) is 0 Å². The molecular weight excluding hydrogens is 224 g/mol. The summed E-state index contributed by atoms with van der Waals surface area (Å²) >= 11 is 0. The highest BCUT2D eigenvalue weighted by molar-refractivity contribution is 4.85. The van der Waals surface area contributed by atoms with Gasteiger partial charge in [0.2, 0.25) is 0 Å². The van der Waals surface area contributed by atoms with Crippen LogP contribution in [0.25, 0.3) is 0 Å². The smallest absolute Gasteiger partial charge is 0.0775 e. The fourth-order valence-corrected chi connectivity index (χ4v) is 2.18. The van der Waals surface area contributed by atoms with E-state index >= 15 is 0 Å². The van der Waals surface area contributed by atoms with Gasteiger partial charge in [0.15, 0.2) is 0 Å². The molecular formula is C15H34N2O. The van der Waals surface area contributed by atoms with Crippen molar-refractivity contribution in [2.24, 2.45) is 0 Å². The van der Waals surface area contributed by atoms with E-state index in [0.29, 0.717) is 6.04 Å². The number of likely N-dealkylation sites (N-methyl/N-ethyl adjacent to an activating group) is 1. The lowest BCUT2D eigenvalue weighted by atomic mass is 9.95. The van der Waals surface area contributed by atoms with Gasteiger partial charge in [-0.15, -0.1) is 0 Å². The third-order valence-corrected chi connectivity index (χ3v) is 3.76. The van der Waals surface area contributed by atoms with Crippen LogP contribution in [0.4, 0.5) is 0 Å². The van der Waals surface area contributed by atoms with Gasteiger partial charge in [0, 0.05) is 13.2 Å². The molecule has 0 aliphatic rings. The van der Waals surface area contributed by atoms with Crippen molar-refractivity contribution in [1.82, 2.24) is 10.2 Å². The van der Waals surface area contributed by atoms with E-state index in [9.17, 15) is 0 Å². The first kappa shape index (κ1) is 17.9. The molecule has 110 valence electrons. The summed E-state index contributed by atoms with van der Waals surface area (Å²) < 4.78 is 5.60. The van der Waals surface area contributed by atoms with E-state index < -0.39 is 0 Å². The number of nitrogens with one attached hydrogen (secondary N) is 1. The third kappa shape index (κ3) is 7.34. The van der Waals surface area contributed by atoms with E-state index in [0.717, 1.165) is 19.5 Å². The SMILES string of the molecule is CCCCCN(C)CCC(NCC)C(C)(C)OC. The van der Waals surface area contributed by atoms with E-state index in [2.05, 4.69) is 45.0 Å². The Bertz CT molecular complexity index is 195. The van der Waals surface area contributed by atoms with Gasteiger partial charge in [-0.25, -0.2) is 0 Å². The lowest BCUT2D eigenvalue weighted by Crippen LogP contribution is -2.49. The Kier molecular flexibility index (Phi) is 9.70. The molecule has 0 amide bonds. The topological polar surface area (TPSA) is 24.5 Å². The van der Waals surface area contributed by atoms with Gasteiger partial charge >= 0.3 is 0 Å². The van der Waals surface area contributed by atoms with Crippen molar-refractivity contribution in [2.45, 2.75) is 65.0 Å². The molecule has 0 saturated heterocycles. The Labute approximate surface area is 114 Å². The second-order valence-corrected chi connectivity index (χ2v) is 5.72. The van der Waals surface area contributed by atoms with Gasteiger partial charge in [-0.05, 0) is 53.4 Å². The quantitative estimate of drug-likeness (QED) is 0.577. The number of ether oxygens (including phenoxy) is 1. The van der Waals surface area contributed by atoms with Crippen molar-refractivity contribution in [3.63, 3.8) is 0 Å². The minimum atomic E-state index is -0.0970. The molecule has 0 fully saturated rings. The highest BCUT2D eigenvalue weighted by Gasteiger charge is 2.28. The fraction of sp³-hybridized carbons (Fsp3) is 1.00. The monoisotopic (exact) mass is 258 g/mol. The van der Waals surface area contributed by atoms with E-state index in [1.807, 2.05) is 0 Å². The van der Waals surface area contributed by atoms with Crippen LogP contribution in [-0.4, -0.2) is 50.3 Å². The van der Waals surface area contributed by atoms with E-state index in [4.69, 9.17) is 4.74 Å².